The molecule has 3 heteroatoms. The van der Waals surface area contributed by atoms with Gasteiger partial charge in [-0.15, -0.1) is 0 Å². The van der Waals surface area contributed by atoms with Crippen LogP contribution < -0.4 is 5.73 Å². The minimum absolute atomic E-state index is 0.374. The van der Waals surface area contributed by atoms with Crippen LogP contribution >= 0.6 is 0 Å². The van der Waals surface area contributed by atoms with E-state index in [1.54, 1.807) is 6.26 Å². The van der Waals surface area contributed by atoms with E-state index < -0.39 is 0 Å². The van der Waals surface area contributed by atoms with Gasteiger partial charge in [0.05, 0.1) is 12.4 Å². The molecule has 0 saturated heterocycles. The maximum Gasteiger partial charge on any atom is 0.109 e. The molecule has 0 aromatic carbocycles. The van der Waals surface area contributed by atoms with E-state index in [9.17, 15) is 5.11 Å². The summed E-state index contributed by atoms with van der Waals surface area (Å²) >= 11 is 0. The van der Waals surface area contributed by atoms with Crippen LogP contribution in [0.1, 0.15) is 23.8 Å². The van der Waals surface area contributed by atoms with Crippen LogP contribution in [0.25, 0.3) is 0 Å². The summed E-state index contributed by atoms with van der Waals surface area (Å²) in [5, 5.41) is 9.64. The normalized spacial score (nSPS) is 28.5. The molecule has 0 bridgehead atoms. The van der Waals surface area contributed by atoms with Gasteiger partial charge in [-0.25, -0.2) is 0 Å². The molecule has 0 saturated carbocycles. The van der Waals surface area contributed by atoms with E-state index in [0.29, 0.717) is 12.5 Å². The quantitative estimate of drug-likeness (QED) is 0.651. The summed E-state index contributed by atoms with van der Waals surface area (Å²) in [4.78, 5) is 0. The van der Waals surface area contributed by atoms with E-state index in [4.69, 9.17) is 10.2 Å². The van der Waals surface area contributed by atoms with Crippen LogP contribution in [0.5, 0.6) is 0 Å². The number of rotatable bonds is 1. The zero-order chi connectivity index (χ0) is 8.55. The van der Waals surface area contributed by atoms with E-state index in [1.807, 2.05) is 6.07 Å². The lowest BCUT2D eigenvalue weighted by molar-refractivity contribution is 0.128. The summed E-state index contributed by atoms with van der Waals surface area (Å²) < 4.78 is 5.24. The Bertz CT molecular complexity index is 269. The number of hydrogen-bond donors (Lipinski definition) is 2. The summed E-state index contributed by atoms with van der Waals surface area (Å²) in [5.41, 5.74) is 6.48. The Kier molecular flexibility index (Phi) is 1.90. The minimum Gasteiger partial charge on any atom is -0.469 e. The standard InChI is InChI=1S/C9H13NO2/c10-5-6-3-8(11)7-1-2-12-9(7)4-6/h1-2,6,8,11H,3-5,10H2. The van der Waals surface area contributed by atoms with Gasteiger partial charge in [-0.05, 0) is 24.9 Å². The van der Waals surface area contributed by atoms with Crippen molar-refractivity contribution in [2.45, 2.75) is 18.9 Å². The Balaban J connectivity index is 2.26. The maximum absolute atomic E-state index is 9.64. The van der Waals surface area contributed by atoms with Crippen molar-refractivity contribution in [3.63, 3.8) is 0 Å². The lowest BCUT2D eigenvalue weighted by Gasteiger charge is -2.23. The molecule has 2 rings (SSSR count). The predicted octanol–water partition coefficient (Wildman–Crippen LogP) is 0.834. The Morgan fingerprint density at radius 1 is 1.67 bits per heavy atom. The minimum atomic E-state index is -0.374. The van der Waals surface area contributed by atoms with E-state index in [-0.39, 0.29) is 6.10 Å². The molecule has 1 aliphatic rings. The first-order valence-corrected chi connectivity index (χ1v) is 4.25. The molecule has 2 unspecified atom stereocenters. The first-order chi connectivity index (χ1) is 5.81. The molecular formula is C9H13NO2. The average molecular weight is 167 g/mol. The molecule has 0 aliphatic heterocycles. The number of hydrogen-bond acceptors (Lipinski definition) is 3. The Morgan fingerprint density at radius 2 is 2.50 bits per heavy atom. The molecule has 1 aromatic heterocycles. The highest BCUT2D eigenvalue weighted by atomic mass is 16.3. The smallest absolute Gasteiger partial charge is 0.109 e. The first-order valence-electron chi connectivity index (χ1n) is 4.25. The summed E-state index contributed by atoms with van der Waals surface area (Å²) in [6.07, 6.45) is 2.90. The molecule has 2 atom stereocenters. The van der Waals surface area contributed by atoms with Crippen LogP contribution in [0.3, 0.4) is 0 Å². The van der Waals surface area contributed by atoms with Crippen molar-refractivity contribution in [3.8, 4) is 0 Å². The molecule has 12 heavy (non-hydrogen) atoms. The Hall–Kier alpha value is -0.800. The molecular weight excluding hydrogens is 154 g/mol. The van der Waals surface area contributed by atoms with E-state index in [1.165, 1.54) is 0 Å². The third-order valence-corrected chi connectivity index (χ3v) is 2.50. The Morgan fingerprint density at radius 3 is 3.25 bits per heavy atom. The van der Waals surface area contributed by atoms with Crippen LogP contribution in [-0.4, -0.2) is 11.7 Å². The number of furan rings is 1. The lowest BCUT2D eigenvalue weighted by Crippen LogP contribution is -2.23. The van der Waals surface area contributed by atoms with Crippen LogP contribution in [0.15, 0.2) is 16.7 Å². The zero-order valence-corrected chi connectivity index (χ0v) is 6.86. The molecule has 1 aromatic rings. The van der Waals surface area contributed by atoms with Crippen molar-refractivity contribution < 1.29 is 9.52 Å². The highest BCUT2D eigenvalue weighted by Gasteiger charge is 2.26. The van der Waals surface area contributed by atoms with E-state index >= 15 is 0 Å². The van der Waals surface area contributed by atoms with E-state index in [2.05, 4.69) is 0 Å². The van der Waals surface area contributed by atoms with Crippen molar-refractivity contribution in [3.05, 3.63) is 23.7 Å². The van der Waals surface area contributed by atoms with Crippen molar-refractivity contribution in [2.75, 3.05) is 6.54 Å². The van der Waals surface area contributed by atoms with Gasteiger partial charge in [-0.3, -0.25) is 0 Å². The molecule has 1 heterocycles. The topological polar surface area (TPSA) is 59.4 Å². The third kappa shape index (κ3) is 1.15. The van der Waals surface area contributed by atoms with Gasteiger partial charge in [0.2, 0.25) is 0 Å². The largest absolute Gasteiger partial charge is 0.469 e. The molecule has 0 fully saturated rings. The highest BCUT2D eigenvalue weighted by Crippen LogP contribution is 2.33. The summed E-state index contributed by atoms with van der Waals surface area (Å²) in [6, 6.07) is 1.84. The predicted molar refractivity (Wildman–Crippen MR) is 44.5 cm³/mol. The van der Waals surface area contributed by atoms with Crippen molar-refractivity contribution >= 4 is 0 Å². The SMILES string of the molecule is NCC1Cc2occc2C(O)C1. The maximum atomic E-state index is 9.64. The van der Waals surface area contributed by atoms with Crippen LogP contribution in [0.4, 0.5) is 0 Å². The summed E-state index contributed by atoms with van der Waals surface area (Å²) in [7, 11) is 0. The number of aliphatic hydroxyl groups is 1. The van der Waals surface area contributed by atoms with Crippen LogP contribution in [0.2, 0.25) is 0 Å². The van der Waals surface area contributed by atoms with Gasteiger partial charge in [0.25, 0.3) is 0 Å². The van der Waals surface area contributed by atoms with Gasteiger partial charge >= 0.3 is 0 Å². The average Bonchev–Trinajstić information content (AvgIpc) is 2.52. The molecule has 1 aliphatic carbocycles. The second-order valence-corrected chi connectivity index (χ2v) is 3.36. The monoisotopic (exact) mass is 167 g/mol. The van der Waals surface area contributed by atoms with Gasteiger partial charge in [-0.1, -0.05) is 0 Å². The fourth-order valence-electron chi connectivity index (χ4n) is 1.78. The first kappa shape index (κ1) is 7.83. The number of nitrogens with two attached hydrogens (primary N) is 1. The van der Waals surface area contributed by atoms with Crippen LogP contribution in [-0.2, 0) is 6.42 Å². The van der Waals surface area contributed by atoms with Crippen LogP contribution in [0, 0.1) is 5.92 Å². The van der Waals surface area contributed by atoms with Gasteiger partial charge in [0.1, 0.15) is 5.76 Å². The molecule has 66 valence electrons. The fraction of sp³-hybridized carbons (Fsp3) is 0.556. The Labute approximate surface area is 71.2 Å². The second-order valence-electron chi connectivity index (χ2n) is 3.36. The number of aliphatic hydroxyl groups excluding tert-OH is 1. The van der Waals surface area contributed by atoms with Crippen molar-refractivity contribution in [1.82, 2.24) is 0 Å². The summed E-state index contributed by atoms with van der Waals surface area (Å²) in [6.45, 7) is 0.622. The lowest BCUT2D eigenvalue weighted by atomic mass is 9.86. The molecule has 0 amide bonds. The number of fused-ring (bicyclic) bond motifs is 1. The second kappa shape index (κ2) is 2.92. The van der Waals surface area contributed by atoms with Gasteiger partial charge in [0.15, 0.2) is 0 Å². The van der Waals surface area contributed by atoms with Gasteiger partial charge in [-0.2, -0.15) is 0 Å². The third-order valence-electron chi connectivity index (χ3n) is 2.50. The van der Waals surface area contributed by atoms with Gasteiger partial charge < -0.3 is 15.3 Å². The van der Waals surface area contributed by atoms with Crippen molar-refractivity contribution in [1.29, 1.82) is 0 Å². The fourth-order valence-corrected chi connectivity index (χ4v) is 1.78. The molecule has 3 nitrogen and oxygen atoms in total. The van der Waals surface area contributed by atoms with Crippen molar-refractivity contribution in [2.24, 2.45) is 11.7 Å². The summed E-state index contributed by atoms with van der Waals surface area (Å²) in [5.74, 6) is 1.28. The molecule has 0 radical (unpaired) electrons. The zero-order valence-electron chi connectivity index (χ0n) is 6.86. The van der Waals surface area contributed by atoms with E-state index in [0.717, 1.165) is 24.2 Å². The molecule has 0 spiro atoms. The van der Waals surface area contributed by atoms with Gasteiger partial charge in [0, 0.05) is 12.0 Å². The molecule has 3 N–H and O–H groups in total. The highest BCUT2D eigenvalue weighted by molar-refractivity contribution is 5.23.